The largest absolute Gasteiger partial charge is 0.342 e. The predicted molar refractivity (Wildman–Crippen MR) is 119 cm³/mol. The molecule has 0 spiro atoms. The molecule has 1 aromatic carbocycles. The van der Waals surface area contributed by atoms with Gasteiger partial charge >= 0.3 is 0 Å². The molecule has 2 aromatic heterocycles. The van der Waals surface area contributed by atoms with Crippen molar-refractivity contribution in [2.45, 2.75) is 56.2 Å². The molecule has 0 aliphatic carbocycles. The Balaban J connectivity index is 1.46. The number of carbonyl (C=O) groups excluding carboxylic acids is 1. The molecule has 1 fully saturated rings. The molecule has 3 aromatic rings. The first-order valence-corrected chi connectivity index (χ1v) is 12.0. The first-order chi connectivity index (χ1) is 13.9. The van der Waals surface area contributed by atoms with Crippen molar-refractivity contribution >= 4 is 34.0 Å². The standard InChI is InChI=1S/C21H27N5OS2/c1-21(2,3)16-10-8-15(9-11-16)18-22-23-19-26(18)24-20(29-19)28-14-17(27)25-12-6-4-5-7-13-25/h8-11H,4-7,12-14H2,1-3H3. The maximum atomic E-state index is 12.5. The number of benzene rings is 1. The Morgan fingerprint density at radius 1 is 1.07 bits per heavy atom. The number of fused-ring (bicyclic) bond motifs is 1. The Hall–Kier alpha value is -1.93. The summed E-state index contributed by atoms with van der Waals surface area (Å²) in [7, 11) is 0. The first kappa shape index (κ1) is 20.3. The average Bonchev–Trinajstić information content (AvgIpc) is 3.14. The minimum atomic E-state index is 0.114. The van der Waals surface area contributed by atoms with E-state index >= 15 is 0 Å². The van der Waals surface area contributed by atoms with Gasteiger partial charge in [-0.2, -0.15) is 4.52 Å². The summed E-state index contributed by atoms with van der Waals surface area (Å²) in [5.74, 6) is 1.38. The summed E-state index contributed by atoms with van der Waals surface area (Å²) in [4.78, 5) is 15.3. The van der Waals surface area contributed by atoms with Crippen LogP contribution in [-0.2, 0) is 10.2 Å². The van der Waals surface area contributed by atoms with E-state index in [0.29, 0.717) is 5.75 Å². The van der Waals surface area contributed by atoms with E-state index < -0.39 is 0 Å². The van der Waals surface area contributed by atoms with Crippen LogP contribution in [0.4, 0.5) is 0 Å². The second kappa shape index (κ2) is 8.44. The summed E-state index contributed by atoms with van der Waals surface area (Å²) < 4.78 is 2.64. The van der Waals surface area contributed by atoms with Crippen molar-refractivity contribution in [3.63, 3.8) is 0 Å². The van der Waals surface area contributed by atoms with Crippen molar-refractivity contribution in [3.8, 4) is 11.4 Å². The summed E-state index contributed by atoms with van der Waals surface area (Å²) in [5.41, 5.74) is 2.39. The molecule has 154 valence electrons. The lowest BCUT2D eigenvalue weighted by Crippen LogP contribution is -2.33. The number of rotatable bonds is 4. The van der Waals surface area contributed by atoms with Crippen molar-refractivity contribution < 1.29 is 4.79 Å². The Kier molecular flexibility index (Phi) is 5.92. The molecular weight excluding hydrogens is 402 g/mol. The SMILES string of the molecule is CC(C)(C)c1ccc(-c2nnc3sc(SCC(=O)N4CCCCCC4)nn23)cc1. The van der Waals surface area contributed by atoms with Crippen molar-refractivity contribution in [2.24, 2.45) is 0 Å². The van der Waals surface area contributed by atoms with Crippen LogP contribution in [0.1, 0.15) is 52.0 Å². The smallest absolute Gasteiger partial charge is 0.235 e. The third kappa shape index (κ3) is 4.64. The minimum absolute atomic E-state index is 0.114. The van der Waals surface area contributed by atoms with Crippen LogP contribution in [-0.4, -0.2) is 49.5 Å². The maximum Gasteiger partial charge on any atom is 0.235 e. The van der Waals surface area contributed by atoms with Gasteiger partial charge in [-0.05, 0) is 23.8 Å². The van der Waals surface area contributed by atoms with Gasteiger partial charge in [0.25, 0.3) is 0 Å². The van der Waals surface area contributed by atoms with Gasteiger partial charge in [0.05, 0.1) is 5.75 Å². The highest BCUT2D eigenvalue weighted by molar-refractivity contribution is 8.01. The lowest BCUT2D eigenvalue weighted by atomic mass is 9.87. The molecule has 1 amide bonds. The van der Waals surface area contributed by atoms with E-state index in [2.05, 4.69) is 60.3 Å². The van der Waals surface area contributed by atoms with Crippen molar-refractivity contribution in [3.05, 3.63) is 29.8 Å². The van der Waals surface area contributed by atoms with Crippen LogP contribution >= 0.6 is 23.1 Å². The van der Waals surface area contributed by atoms with Crippen LogP contribution in [0.15, 0.2) is 28.6 Å². The van der Waals surface area contributed by atoms with Gasteiger partial charge in [-0.25, -0.2) is 0 Å². The highest BCUT2D eigenvalue weighted by Gasteiger charge is 2.19. The van der Waals surface area contributed by atoms with E-state index in [0.717, 1.165) is 46.6 Å². The zero-order valence-electron chi connectivity index (χ0n) is 17.2. The number of nitrogens with zero attached hydrogens (tertiary/aromatic N) is 5. The summed E-state index contributed by atoms with van der Waals surface area (Å²) in [6, 6.07) is 8.43. The third-order valence-corrected chi connectivity index (χ3v) is 7.28. The van der Waals surface area contributed by atoms with E-state index in [1.165, 1.54) is 41.5 Å². The molecule has 0 N–H and O–H groups in total. The average molecular weight is 430 g/mol. The molecule has 1 aliphatic rings. The topological polar surface area (TPSA) is 63.4 Å². The Morgan fingerprint density at radius 3 is 2.41 bits per heavy atom. The molecule has 3 heterocycles. The monoisotopic (exact) mass is 429 g/mol. The Labute approximate surface area is 179 Å². The molecular formula is C21H27N5OS2. The van der Waals surface area contributed by atoms with Gasteiger partial charge in [0.1, 0.15) is 0 Å². The van der Waals surface area contributed by atoms with Crippen LogP contribution in [0.5, 0.6) is 0 Å². The van der Waals surface area contributed by atoms with Gasteiger partial charge in [-0.15, -0.1) is 15.3 Å². The quantitative estimate of drug-likeness (QED) is 0.565. The first-order valence-electron chi connectivity index (χ1n) is 10.2. The van der Waals surface area contributed by atoms with Gasteiger partial charge in [0.15, 0.2) is 10.2 Å². The van der Waals surface area contributed by atoms with Crippen molar-refractivity contribution in [1.82, 2.24) is 24.7 Å². The lowest BCUT2D eigenvalue weighted by molar-refractivity contribution is -0.128. The van der Waals surface area contributed by atoms with Crippen molar-refractivity contribution in [2.75, 3.05) is 18.8 Å². The zero-order valence-corrected chi connectivity index (χ0v) is 18.9. The number of thioether (sulfide) groups is 1. The Bertz CT molecular complexity index is 979. The number of amides is 1. The molecule has 0 radical (unpaired) electrons. The third-order valence-electron chi connectivity index (χ3n) is 5.26. The summed E-state index contributed by atoms with van der Waals surface area (Å²) >= 11 is 2.98. The number of hydrogen-bond acceptors (Lipinski definition) is 6. The summed E-state index contributed by atoms with van der Waals surface area (Å²) in [6.45, 7) is 8.38. The number of aromatic nitrogens is 4. The van der Waals surface area contributed by atoms with Gasteiger partial charge in [0.2, 0.25) is 10.9 Å². The fraction of sp³-hybridized carbons (Fsp3) is 0.524. The van der Waals surface area contributed by atoms with E-state index in [1.54, 1.807) is 4.52 Å². The molecule has 0 bridgehead atoms. The molecule has 29 heavy (non-hydrogen) atoms. The summed E-state index contributed by atoms with van der Waals surface area (Å²) in [6.07, 6.45) is 4.69. The normalized spacial score (nSPS) is 15.6. The van der Waals surface area contributed by atoms with Crippen molar-refractivity contribution in [1.29, 1.82) is 0 Å². The lowest BCUT2D eigenvalue weighted by Gasteiger charge is -2.19. The van der Waals surface area contributed by atoms with Gasteiger partial charge in [-0.1, -0.05) is 81.0 Å². The van der Waals surface area contributed by atoms with Gasteiger partial charge in [-0.3, -0.25) is 4.79 Å². The van der Waals surface area contributed by atoms with E-state index in [1.807, 2.05) is 4.90 Å². The van der Waals surface area contributed by atoms with E-state index in [4.69, 9.17) is 0 Å². The minimum Gasteiger partial charge on any atom is -0.342 e. The molecule has 1 aliphatic heterocycles. The second-order valence-electron chi connectivity index (χ2n) is 8.50. The Morgan fingerprint density at radius 2 is 1.76 bits per heavy atom. The fourth-order valence-corrected chi connectivity index (χ4v) is 5.27. The number of likely N-dealkylation sites (tertiary alicyclic amines) is 1. The zero-order chi connectivity index (χ0) is 20.4. The van der Waals surface area contributed by atoms with Crippen LogP contribution in [0.25, 0.3) is 16.3 Å². The van der Waals surface area contributed by atoms with E-state index in [9.17, 15) is 4.79 Å². The van der Waals surface area contributed by atoms with Crippen LogP contribution < -0.4 is 0 Å². The highest BCUT2D eigenvalue weighted by Crippen LogP contribution is 2.29. The second-order valence-corrected chi connectivity index (χ2v) is 10.7. The molecule has 0 atom stereocenters. The van der Waals surface area contributed by atoms with E-state index in [-0.39, 0.29) is 11.3 Å². The highest BCUT2D eigenvalue weighted by atomic mass is 32.2. The molecule has 8 heteroatoms. The van der Waals surface area contributed by atoms with Crippen LogP contribution in [0.2, 0.25) is 0 Å². The van der Waals surface area contributed by atoms with Gasteiger partial charge < -0.3 is 4.90 Å². The fourth-order valence-electron chi connectivity index (χ4n) is 3.49. The molecule has 0 unspecified atom stereocenters. The molecule has 6 nitrogen and oxygen atoms in total. The predicted octanol–water partition coefficient (Wildman–Crippen LogP) is 4.65. The maximum absolute atomic E-state index is 12.5. The summed E-state index contributed by atoms with van der Waals surface area (Å²) in [5, 5.41) is 13.2. The molecule has 1 saturated heterocycles. The molecule has 0 saturated carbocycles. The van der Waals surface area contributed by atoms with Crippen LogP contribution in [0.3, 0.4) is 0 Å². The van der Waals surface area contributed by atoms with Gasteiger partial charge in [0, 0.05) is 18.7 Å². The number of hydrogen-bond donors (Lipinski definition) is 0. The number of carbonyl (C=O) groups is 1. The van der Waals surface area contributed by atoms with Crippen LogP contribution in [0, 0.1) is 0 Å². The molecule has 4 rings (SSSR count).